The molecule has 0 aliphatic carbocycles. The second-order valence-electron chi connectivity index (χ2n) is 6.43. The van der Waals surface area contributed by atoms with E-state index >= 15 is 0 Å². The first-order valence-corrected chi connectivity index (χ1v) is 9.00. The largest absolute Gasteiger partial charge is 0.361 e. The van der Waals surface area contributed by atoms with Crippen LogP contribution in [-0.2, 0) is 0 Å². The predicted octanol–water partition coefficient (Wildman–Crippen LogP) is 0.534. The molecule has 0 spiro atoms. The minimum absolute atomic E-state index is 0.000651. The summed E-state index contributed by atoms with van der Waals surface area (Å²) in [6, 6.07) is 9.28. The van der Waals surface area contributed by atoms with E-state index in [1.807, 2.05) is 36.4 Å². The Labute approximate surface area is 182 Å². The van der Waals surface area contributed by atoms with Crippen LogP contribution in [-0.4, -0.2) is 47.2 Å². The number of nitriles is 6. The maximum Gasteiger partial charge on any atom is 0.172 e. The molecule has 0 aromatic rings. The second kappa shape index (κ2) is 8.93. The SMILES string of the molecule is CC1/N=C(C#N)\C(C#N)=N/CC2=C(N=C(C#N)CC(C#N)=N2)C2=C1N=C(C#N)C(C#N)N2. The van der Waals surface area contributed by atoms with Crippen molar-refractivity contribution in [2.24, 2.45) is 25.0 Å². The normalized spacial score (nSPS) is 25.7. The van der Waals surface area contributed by atoms with E-state index in [9.17, 15) is 31.6 Å². The lowest BCUT2D eigenvalue weighted by molar-refractivity contribution is 0.735. The number of nitrogens with zero attached hydrogens (tertiary/aromatic N) is 11. The summed E-state index contributed by atoms with van der Waals surface area (Å²) in [5, 5.41) is 59.6. The standard InChI is InChI=1S/C20H10N12/c1-10-18-20(32-16(8-26)15(7-25)31-18)19-17(9-27-13(5-23)14(6-24)28-10)29-11(3-21)2-12(4-22)30-19/h10,16,32H,2,9H2,1H3/b27-13-,28-14-. The number of nitrogens with one attached hydrogen (secondary N) is 1. The van der Waals surface area contributed by atoms with Crippen LogP contribution in [0.5, 0.6) is 0 Å². The summed E-state index contributed by atoms with van der Waals surface area (Å²) in [6.45, 7) is 1.32. The molecule has 3 heterocycles. The molecule has 12 nitrogen and oxygen atoms in total. The van der Waals surface area contributed by atoms with Gasteiger partial charge < -0.3 is 5.32 Å². The minimum Gasteiger partial charge on any atom is -0.361 e. The van der Waals surface area contributed by atoms with Crippen LogP contribution in [0.25, 0.3) is 0 Å². The smallest absolute Gasteiger partial charge is 0.172 e. The molecule has 3 aliphatic heterocycles. The number of aliphatic imine (C=N–C) groups is 5. The Bertz CT molecular complexity index is 1370. The zero-order chi connectivity index (χ0) is 23.3. The Balaban J connectivity index is 2.44. The highest BCUT2D eigenvalue weighted by Crippen LogP contribution is 2.29. The van der Waals surface area contributed by atoms with Gasteiger partial charge in [-0.3, -0.25) is 9.98 Å². The Morgan fingerprint density at radius 1 is 0.844 bits per heavy atom. The highest BCUT2D eigenvalue weighted by molar-refractivity contribution is 6.53. The quantitative estimate of drug-likeness (QED) is 0.587. The van der Waals surface area contributed by atoms with Crippen molar-refractivity contribution in [2.75, 3.05) is 6.54 Å². The first kappa shape index (κ1) is 21.3. The molecule has 0 fully saturated rings. The molecule has 2 atom stereocenters. The molecule has 0 saturated carbocycles. The average Bonchev–Trinajstić information content (AvgIpc) is 3.01. The van der Waals surface area contributed by atoms with Gasteiger partial charge in [0.1, 0.15) is 47.5 Å². The van der Waals surface area contributed by atoms with Gasteiger partial charge in [-0.25, -0.2) is 15.0 Å². The summed E-state index contributed by atoms with van der Waals surface area (Å²) >= 11 is 0. The van der Waals surface area contributed by atoms with Crippen molar-refractivity contribution >= 4 is 28.6 Å². The fraction of sp³-hybridized carbons (Fsp3) is 0.250. The van der Waals surface area contributed by atoms with Gasteiger partial charge in [-0.1, -0.05) is 0 Å². The van der Waals surface area contributed by atoms with Crippen LogP contribution >= 0.6 is 0 Å². The first-order chi connectivity index (χ1) is 15.5. The molecule has 0 aromatic heterocycles. The summed E-state index contributed by atoms with van der Waals surface area (Å²) < 4.78 is 0. The third-order valence-corrected chi connectivity index (χ3v) is 4.46. The van der Waals surface area contributed by atoms with Gasteiger partial charge in [0.25, 0.3) is 0 Å². The Kier molecular flexibility index (Phi) is 5.94. The van der Waals surface area contributed by atoms with Crippen LogP contribution in [0.3, 0.4) is 0 Å². The Morgan fingerprint density at radius 2 is 1.53 bits per heavy atom. The third kappa shape index (κ3) is 3.85. The van der Waals surface area contributed by atoms with Crippen LogP contribution in [0.15, 0.2) is 47.8 Å². The van der Waals surface area contributed by atoms with Crippen LogP contribution in [0, 0.1) is 68.0 Å². The van der Waals surface area contributed by atoms with E-state index in [1.165, 1.54) is 0 Å². The van der Waals surface area contributed by atoms with E-state index < -0.39 is 12.1 Å². The van der Waals surface area contributed by atoms with Crippen molar-refractivity contribution in [3.8, 4) is 36.4 Å². The number of hydrogen-bond acceptors (Lipinski definition) is 12. The van der Waals surface area contributed by atoms with E-state index in [4.69, 9.17) is 0 Å². The van der Waals surface area contributed by atoms with Crippen LogP contribution in [0.4, 0.5) is 0 Å². The highest BCUT2D eigenvalue weighted by Gasteiger charge is 2.32. The van der Waals surface area contributed by atoms with Crippen molar-refractivity contribution in [1.82, 2.24) is 5.32 Å². The molecular formula is C20H10N12. The number of hydrogen-bond donors (Lipinski definition) is 1. The topological polar surface area (TPSA) is 217 Å². The molecule has 0 amide bonds. The van der Waals surface area contributed by atoms with Gasteiger partial charge in [0.15, 0.2) is 23.2 Å². The van der Waals surface area contributed by atoms with Crippen molar-refractivity contribution < 1.29 is 0 Å². The van der Waals surface area contributed by atoms with E-state index in [-0.39, 0.29) is 64.3 Å². The van der Waals surface area contributed by atoms with E-state index in [1.54, 1.807) is 6.92 Å². The van der Waals surface area contributed by atoms with Gasteiger partial charge in [-0.15, -0.1) is 0 Å². The minimum atomic E-state index is -1.11. The second-order valence-corrected chi connectivity index (χ2v) is 6.43. The molecule has 150 valence electrons. The lowest BCUT2D eigenvalue weighted by atomic mass is 10.0. The Hall–Kier alpha value is -5.43. The molecular weight excluding hydrogens is 408 g/mol. The molecule has 32 heavy (non-hydrogen) atoms. The van der Waals surface area contributed by atoms with Crippen molar-refractivity contribution in [1.29, 1.82) is 31.6 Å². The zero-order valence-electron chi connectivity index (χ0n) is 16.5. The Morgan fingerprint density at radius 3 is 2.12 bits per heavy atom. The fourth-order valence-electron chi connectivity index (χ4n) is 3.02. The molecule has 0 saturated heterocycles. The summed E-state index contributed by atoms with van der Waals surface area (Å²) in [6.07, 6.45) is -0.124. The van der Waals surface area contributed by atoms with Gasteiger partial charge in [-0.05, 0) is 6.92 Å². The highest BCUT2D eigenvalue weighted by atomic mass is 15.1. The number of fused-ring (bicyclic) bond motifs is 1. The molecule has 1 N–H and O–H groups in total. The monoisotopic (exact) mass is 418 g/mol. The lowest BCUT2D eigenvalue weighted by Gasteiger charge is -2.25. The van der Waals surface area contributed by atoms with Gasteiger partial charge in [0.2, 0.25) is 0 Å². The van der Waals surface area contributed by atoms with Crippen LogP contribution in [0.1, 0.15) is 13.3 Å². The van der Waals surface area contributed by atoms with Gasteiger partial charge in [0.05, 0.1) is 42.2 Å². The average molecular weight is 418 g/mol. The van der Waals surface area contributed by atoms with Gasteiger partial charge >= 0.3 is 0 Å². The summed E-state index contributed by atoms with van der Waals surface area (Å²) in [5.41, 5.74) is -0.0898. The summed E-state index contributed by atoms with van der Waals surface area (Å²) in [7, 11) is 0. The molecule has 2 unspecified atom stereocenters. The maximum absolute atomic E-state index is 9.48. The van der Waals surface area contributed by atoms with E-state index in [0.717, 1.165) is 0 Å². The maximum atomic E-state index is 9.48. The predicted molar refractivity (Wildman–Crippen MR) is 111 cm³/mol. The fourth-order valence-corrected chi connectivity index (χ4v) is 3.02. The molecule has 0 bridgehead atoms. The molecule has 3 rings (SSSR count). The van der Waals surface area contributed by atoms with Crippen molar-refractivity contribution in [3.63, 3.8) is 0 Å². The van der Waals surface area contributed by atoms with Crippen LogP contribution < -0.4 is 5.32 Å². The van der Waals surface area contributed by atoms with Crippen molar-refractivity contribution in [2.45, 2.75) is 25.4 Å². The number of rotatable bonds is 0. The van der Waals surface area contributed by atoms with Gasteiger partial charge in [0, 0.05) is 0 Å². The zero-order valence-corrected chi connectivity index (χ0v) is 16.5. The molecule has 3 aliphatic rings. The first-order valence-electron chi connectivity index (χ1n) is 9.00. The summed E-state index contributed by atoms with van der Waals surface area (Å²) in [4.78, 5) is 21.2. The van der Waals surface area contributed by atoms with E-state index in [2.05, 4.69) is 30.3 Å². The summed E-state index contributed by atoms with van der Waals surface area (Å²) in [5.74, 6) is 0. The molecule has 12 heteroatoms. The molecule has 0 radical (unpaired) electrons. The lowest BCUT2D eigenvalue weighted by Crippen LogP contribution is -2.40. The van der Waals surface area contributed by atoms with Crippen LogP contribution in [0.2, 0.25) is 0 Å². The third-order valence-electron chi connectivity index (χ3n) is 4.46. The van der Waals surface area contributed by atoms with Gasteiger partial charge in [-0.2, -0.15) is 31.6 Å². The van der Waals surface area contributed by atoms with E-state index in [0.29, 0.717) is 0 Å². The van der Waals surface area contributed by atoms with Crippen molar-refractivity contribution in [3.05, 3.63) is 22.8 Å². The molecule has 0 aromatic carbocycles.